The van der Waals surface area contributed by atoms with Gasteiger partial charge in [0.25, 0.3) is 0 Å². The molecule has 0 aromatic carbocycles. The Bertz CT molecular complexity index is 394. The lowest BCUT2D eigenvalue weighted by Crippen LogP contribution is -2.48. The van der Waals surface area contributed by atoms with Gasteiger partial charge in [0.15, 0.2) is 0 Å². The molecule has 1 aromatic rings. The van der Waals surface area contributed by atoms with Crippen molar-refractivity contribution in [2.45, 2.75) is 13.5 Å². The van der Waals surface area contributed by atoms with Crippen molar-refractivity contribution in [1.82, 2.24) is 19.4 Å². The molecule has 1 aliphatic rings. The highest BCUT2D eigenvalue weighted by Gasteiger charge is 2.22. The summed E-state index contributed by atoms with van der Waals surface area (Å²) in [6, 6.07) is 0. The normalized spacial score (nSPS) is 17.5. The van der Waals surface area contributed by atoms with Crippen LogP contribution in [0.1, 0.15) is 12.6 Å². The molecular weight excluding hydrogens is 238 g/mol. The molecule has 17 heavy (non-hydrogen) atoms. The molecule has 0 spiro atoms. The van der Waals surface area contributed by atoms with Crippen LogP contribution in [0.25, 0.3) is 0 Å². The van der Waals surface area contributed by atoms with Gasteiger partial charge in [-0.15, -0.1) is 5.10 Å². The molecule has 94 valence electrons. The van der Waals surface area contributed by atoms with Crippen LogP contribution in [0.3, 0.4) is 0 Å². The van der Waals surface area contributed by atoms with Crippen molar-refractivity contribution in [3.05, 3.63) is 5.69 Å². The van der Waals surface area contributed by atoms with E-state index >= 15 is 0 Å². The molecule has 0 saturated carbocycles. The Morgan fingerprint density at radius 3 is 3.00 bits per heavy atom. The molecule has 1 aliphatic heterocycles. The van der Waals surface area contributed by atoms with Crippen LogP contribution in [0.15, 0.2) is 0 Å². The number of nitrogens with zero attached hydrogens (tertiary/aromatic N) is 4. The van der Waals surface area contributed by atoms with E-state index in [1.807, 2.05) is 14.0 Å². The lowest BCUT2D eigenvalue weighted by Gasteiger charge is -2.31. The zero-order valence-electron chi connectivity index (χ0n) is 10.1. The fourth-order valence-corrected chi connectivity index (χ4v) is 2.40. The van der Waals surface area contributed by atoms with Gasteiger partial charge in [0.05, 0.1) is 6.54 Å². The zero-order valence-corrected chi connectivity index (χ0v) is 11.0. The summed E-state index contributed by atoms with van der Waals surface area (Å²) in [4.78, 5) is 15.5. The van der Waals surface area contributed by atoms with Gasteiger partial charge in [0.1, 0.15) is 10.7 Å². The Morgan fingerprint density at radius 2 is 2.29 bits per heavy atom. The minimum absolute atomic E-state index is 0.171. The maximum Gasteiger partial charge on any atom is 0.236 e. The number of piperazine rings is 1. The van der Waals surface area contributed by atoms with E-state index in [4.69, 9.17) is 0 Å². The molecule has 0 aliphatic carbocycles. The van der Waals surface area contributed by atoms with Crippen LogP contribution in [-0.2, 0) is 11.3 Å². The number of carbonyl (C=O) groups is 1. The third-order valence-electron chi connectivity index (χ3n) is 2.80. The standard InChI is InChI=1S/C10H17N5OS/c1-3-11-10-8(12-13-17-10)6-15-5-4-14(2)9(16)7-15/h11H,3-7H2,1-2H3. The number of nitrogens with one attached hydrogen (secondary N) is 1. The lowest BCUT2D eigenvalue weighted by molar-refractivity contribution is -0.134. The third-order valence-corrected chi connectivity index (χ3v) is 3.53. The summed E-state index contributed by atoms with van der Waals surface area (Å²) in [5, 5.41) is 8.36. The summed E-state index contributed by atoms with van der Waals surface area (Å²) in [6.45, 7) is 5.75. The molecule has 1 saturated heterocycles. The summed E-state index contributed by atoms with van der Waals surface area (Å²) in [7, 11) is 1.84. The highest BCUT2D eigenvalue weighted by atomic mass is 32.1. The number of carbonyl (C=O) groups excluding carboxylic acids is 1. The van der Waals surface area contributed by atoms with E-state index in [2.05, 4.69) is 19.8 Å². The average molecular weight is 255 g/mol. The summed E-state index contributed by atoms with van der Waals surface area (Å²) in [5.74, 6) is 0.171. The minimum atomic E-state index is 0.171. The van der Waals surface area contributed by atoms with Gasteiger partial charge in [-0.05, 0) is 6.92 Å². The molecule has 7 heteroatoms. The molecule has 0 radical (unpaired) electrons. The van der Waals surface area contributed by atoms with Crippen molar-refractivity contribution in [2.75, 3.05) is 38.5 Å². The number of aromatic nitrogens is 2. The van der Waals surface area contributed by atoms with Crippen molar-refractivity contribution < 1.29 is 4.79 Å². The molecular formula is C10H17N5OS. The summed E-state index contributed by atoms with van der Waals surface area (Å²) >= 11 is 1.37. The Kier molecular flexibility index (Phi) is 3.90. The lowest BCUT2D eigenvalue weighted by atomic mass is 10.3. The molecule has 0 bridgehead atoms. The first-order chi connectivity index (χ1) is 8.20. The first-order valence-corrected chi connectivity index (χ1v) is 6.49. The van der Waals surface area contributed by atoms with Crippen molar-refractivity contribution in [1.29, 1.82) is 0 Å². The monoisotopic (exact) mass is 255 g/mol. The Morgan fingerprint density at radius 1 is 1.47 bits per heavy atom. The van der Waals surface area contributed by atoms with Gasteiger partial charge in [-0.25, -0.2) is 0 Å². The van der Waals surface area contributed by atoms with Gasteiger partial charge in [-0.2, -0.15) is 0 Å². The number of amides is 1. The number of rotatable bonds is 4. The van der Waals surface area contributed by atoms with E-state index in [0.717, 1.165) is 30.3 Å². The maximum absolute atomic E-state index is 11.6. The third kappa shape index (κ3) is 2.92. The number of hydrogen-bond donors (Lipinski definition) is 1. The van der Waals surface area contributed by atoms with Gasteiger partial charge < -0.3 is 10.2 Å². The van der Waals surface area contributed by atoms with E-state index in [1.54, 1.807) is 4.90 Å². The minimum Gasteiger partial charge on any atom is -0.374 e. The quantitative estimate of drug-likeness (QED) is 0.835. The number of likely N-dealkylation sites (N-methyl/N-ethyl adjacent to an activating group) is 1. The predicted molar refractivity (Wildman–Crippen MR) is 67.0 cm³/mol. The second-order valence-corrected chi connectivity index (χ2v) is 4.86. The zero-order chi connectivity index (χ0) is 12.3. The van der Waals surface area contributed by atoms with Gasteiger partial charge in [-0.3, -0.25) is 9.69 Å². The van der Waals surface area contributed by atoms with Crippen molar-refractivity contribution in [3.8, 4) is 0 Å². The molecule has 0 atom stereocenters. The fraction of sp³-hybridized carbons (Fsp3) is 0.700. The first kappa shape index (κ1) is 12.3. The van der Waals surface area contributed by atoms with Crippen LogP contribution >= 0.6 is 11.5 Å². The molecule has 2 rings (SSSR count). The van der Waals surface area contributed by atoms with Gasteiger partial charge >= 0.3 is 0 Å². The SMILES string of the molecule is CCNc1snnc1CN1CCN(C)C(=O)C1. The molecule has 1 amide bonds. The van der Waals surface area contributed by atoms with Crippen LogP contribution in [0.2, 0.25) is 0 Å². The maximum atomic E-state index is 11.6. The van der Waals surface area contributed by atoms with Crippen molar-refractivity contribution >= 4 is 22.4 Å². The Labute approximate surface area is 105 Å². The van der Waals surface area contributed by atoms with Crippen LogP contribution in [0, 0.1) is 0 Å². The summed E-state index contributed by atoms with van der Waals surface area (Å²) < 4.78 is 3.95. The van der Waals surface area contributed by atoms with Gasteiger partial charge in [-0.1, -0.05) is 4.49 Å². The van der Waals surface area contributed by atoms with E-state index in [1.165, 1.54) is 11.5 Å². The molecule has 6 nitrogen and oxygen atoms in total. The average Bonchev–Trinajstić information content (AvgIpc) is 2.72. The van der Waals surface area contributed by atoms with E-state index < -0.39 is 0 Å². The predicted octanol–water partition coefficient (Wildman–Crippen LogP) is 0.244. The fourth-order valence-electron chi connectivity index (χ4n) is 1.76. The van der Waals surface area contributed by atoms with Gasteiger partial charge in [0.2, 0.25) is 5.91 Å². The Balaban J connectivity index is 1.96. The van der Waals surface area contributed by atoms with Crippen molar-refractivity contribution in [3.63, 3.8) is 0 Å². The molecule has 1 aromatic heterocycles. The largest absolute Gasteiger partial charge is 0.374 e. The summed E-state index contributed by atoms with van der Waals surface area (Å²) in [5.41, 5.74) is 0.939. The topological polar surface area (TPSA) is 61.4 Å². The van der Waals surface area contributed by atoms with Crippen LogP contribution in [0.5, 0.6) is 0 Å². The van der Waals surface area contributed by atoms with E-state index in [-0.39, 0.29) is 5.91 Å². The first-order valence-electron chi connectivity index (χ1n) is 5.72. The molecule has 1 N–H and O–H groups in total. The molecule has 2 heterocycles. The molecule has 0 unspecified atom stereocenters. The second kappa shape index (κ2) is 5.42. The highest BCUT2D eigenvalue weighted by Crippen LogP contribution is 2.19. The second-order valence-electron chi connectivity index (χ2n) is 4.11. The van der Waals surface area contributed by atoms with Crippen LogP contribution < -0.4 is 5.32 Å². The number of hydrogen-bond acceptors (Lipinski definition) is 6. The van der Waals surface area contributed by atoms with E-state index in [0.29, 0.717) is 13.1 Å². The van der Waals surface area contributed by atoms with E-state index in [9.17, 15) is 4.79 Å². The summed E-state index contributed by atoms with van der Waals surface area (Å²) in [6.07, 6.45) is 0. The smallest absolute Gasteiger partial charge is 0.236 e. The number of anilines is 1. The highest BCUT2D eigenvalue weighted by molar-refractivity contribution is 7.10. The van der Waals surface area contributed by atoms with Crippen LogP contribution in [0.4, 0.5) is 5.00 Å². The molecule has 1 fully saturated rings. The van der Waals surface area contributed by atoms with Gasteiger partial charge in [0, 0.05) is 44.8 Å². The van der Waals surface area contributed by atoms with Crippen LogP contribution in [-0.4, -0.2) is 58.5 Å². The Hall–Kier alpha value is -1.21. The van der Waals surface area contributed by atoms with Crippen molar-refractivity contribution in [2.24, 2.45) is 0 Å².